The fourth-order valence-corrected chi connectivity index (χ4v) is 6.75. The molecule has 5 nitrogen and oxygen atoms in total. The maximum absolute atomic E-state index is 10.8. The van der Waals surface area contributed by atoms with Crippen LogP contribution in [0.3, 0.4) is 0 Å². The first kappa shape index (κ1) is 23.5. The smallest absolute Gasteiger partial charge is 0.160 e. The summed E-state index contributed by atoms with van der Waals surface area (Å²) in [7, 11) is 1.59. The van der Waals surface area contributed by atoms with Crippen LogP contribution >= 0.6 is 11.8 Å². The molecule has 0 saturated carbocycles. The molecule has 0 bridgehead atoms. The topological polar surface area (TPSA) is 91.4 Å². The lowest BCUT2D eigenvalue weighted by atomic mass is 9.74. The predicted octanol–water partition coefficient (Wildman–Crippen LogP) is 6.54. The van der Waals surface area contributed by atoms with E-state index in [1.807, 2.05) is 36.4 Å². The molecule has 0 amide bonds. The third kappa shape index (κ3) is 3.83. The fraction of sp³-hybridized carbons (Fsp3) is 0.194. The average molecular weight is 508 g/mol. The molecule has 3 atom stereocenters. The molecule has 6 rings (SSSR count). The molecule has 1 aliphatic carbocycles. The van der Waals surface area contributed by atoms with Crippen molar-refractivity contribution >= 4 is 23.3 Å². The van der Waals surface area contributed by atoms with Crippen molar-refractivity contribution in [3.8, 4) is 22.6 Å². The zero-order chi connectivity index (χ0) is 25.7. The number of thioether (sulfide) groups is 1. The Kier molecular flexibility index (Phi) is 5.84. The van der Waals surface area contributed by atoms with E-state index in [9.17, 15) is 5.11 Å². The molecule has 4 aromatic carbocycles. The maximum atomic E-state index is 10.8. The molecule has 4 aromatic rings. The van der Waals surface area contributed by atoms with E-state index < -0.39 is 0 Å². The number of phenols is 1. The summed E-state index contributed by atoms with van der Waals surface area (Å²) in [5, 5.41) is 22.7. The monoisotopic (exact) mass is 507 g/mol. The Balaban J connectivity index is 1.58. The van der Waals surface area contributed by atoms with E-state index in [4.69, 9.17) is 15.9 Å². The number of ether oxygens (including phenoxy) is 1. The van der Waals surface area contributed by atoms with E-state index in [2.05, 4.69) is 54.0 Å². The molecular formula is C31H29N3O2S. The summed E-state index contributed by atoms with van der Waals surface area (Å²) in [6.45, 7) is 0. The number of anilines is 1. The van der Waals surface area contributed by atoms with E-state index in [1.54, 1.807) is 18.9 Å². The van der Waals surface area contributed by atoms with E-state index in [1.165, 1.54) is 16.7 Å². The summed E-state index contributed by atoms with van der Waals surface area (Å²) in [4.78, 5) is 1.15. The maximum Gasteiger partial charge on any atom is 0.160 e. The summed E-state index contributed by atoms with van der Waals surface area (Å²) in [6.07, 6.45) is 3.00. The van der Waals surface area contributed by atoms with Gasteiger partial charge in [-0.15, -0.1) is 11.8 Å². The number of hydrogen-bond acceptors (Lipinski definition) is 5. The third-order valence-corrected chi connectivity index (χ3v) is 8.59. The van der Waals surface area contributed by atoms with Crippen molar-refractivity contribution in [3.63, 3.8) is 0 Å². The minimum atomic E-state index is -0.0208. The second-order valence-electron chi connectivity index (χ2n) is 9.69. The van der Waals surface area contributed by atoms with Gasteiger partial charge < -0.3 is 20.9 Å². The van der Waals surface area contributed by atoms with E-state index in [-0.39, 0.29) is 29.5 Å². The minimum Gasteiger partial charge on any atom is -0.504 e. The van der Waals surface area contributed by atoms with Crippen molar-refractivity contribution in [2.75, 3.05) is 18.7 Å². The highest BCUT2D eigenvalue weighted by molar-refractivity contribution is 7.98. The zero-order valence-corrected chi connectivity index (χ0v) is 21.6. The molecule has 37 heavy (non-hydrogen) atoms. The molecule has 0 saturated heterocycles. The second-order valence-corrected chi connectivity index (χ2v) is 10.5. The molecule has 0 aromatic heterocycles. The number of phenolic OH excluding ortho intramolecular Hbond substituents is 1. The van der Waals surface area contributed by atoms with Gasteiger partial charge in [0.25, 0.3) is 0 Å². The lowest BCUT2D eigenvalue weighted by Crippen LogP contribution is -2.31. The fourth-order valence-electron chi connectivity index (χ4n) is 6.14. The quantitative estimate of drug-likeness (QED) is 0.140. The first-order valence-corrected chi connectivity index (χ1v) is 13.6. The van der Waals surface area contributed by atoms with Crippen molar-refractivity contribution in [1.82, 2.24) is 0 Å². The first-order valence-electron chi connectivity index (χ1n) is 12.4. The summed E-state index contributed by atoms with van der Waals surface area (Å²) >= 11 is 1.70. The van der Waals surface area contributed by atoms with Crippen LogP contribution in [-0.4, -0.2) is 24.3 Å². The SMILES string of the molecule is COc1cc(C2Nc3ccc(C(=N)N)cc3C3c4ccccc4CC23)c(-c2ccccc2SC)cc1O. The first-order chi connectivity index (χ1) is 18.0. The molecule has 6 heteroatoms. The van der Waals surface area contributed by atoms with Crippen molar-refractivity contribution < 1.29 is 9.84 Å². The molecule has 1 aliphatic heterocycles. The normalized spacial score (nSPS) is 19.4. The number of hydrogen-bond donors (Lipinski definition) is 4. The van der Waals surface area contributed by atoms with Crippen LogP contribution in [0.5, 0.6) is 11.5 Å². The molecule has 0 radical (unpaired) electrons. The van der Waals surface area contributed by atoms with Crippen LogP contribution < -0.4 is 15.8 Å². The van der Waals surface area contributed by atoms with Gasteiger partial charge in [0.05, 0.1) is 13.2 Å². The van der Waals surface area contributed by atoms with E-state index >= 15 is 0 Å². The van der Waals surface area contributed by atoms with Crippen molar-refractivity contribution in [1.29, 1.82) is 5.41 Å². The van der Waals surface area contributed by atoms with E-state index in [0.29, 0.717) is 5.75 Å². The molecule has 3 unspecified atom stereocenters. The Bertz CT molecular complexity index is 1530. The number of amidine groups is 1. The minimum absolute atomic E-state index is 0.0208. The Morgan fingerprint density at radius 3 is 2.54 bits per heavy atom. The number of nitrogens with one attached hydrogen (secondary N) is 2. The summed E-state index contributed by atoms with van der Waals surface area (Å²) in [5.74, 6) is 1.08. The van der Waals surface area contributed by atoms with Gasteiger partial charge >= 0.3 is 0 Å². The van der Waals surface area contributed by atoms with Gasteiger partial charge in [0.2, 0.25) is 0 Å². The number of aromatic hydroxyl groups is 1. The Hall–Kier alpha value is -3.90. The van der Waals surface area contributed by atoms with Crippen LogP contribution in [-0.2, 0) is 6.42 Å². The number of nitrogens with two attached hydrogens (primary N) is 1. The highest BCUT2D eigenvalue weighted by atomic mass is 32.2. The van der Waals surface area contributed by atoms with Gasteiger partial charge in [0, 0.05) is 22.1 Å². The lowest BCUT2D eigenvalue weighted by Gasteiger charge is -2.39. The molecule has 5 N–H and O–H groups in total. The van der Waals surface area contributed by atoms with Gasteiger partial charge in [0.15, 0.2) is 11.5 Å². The number of methoxy groups -OCH3 is 1. The van der Waals surface area contributed by atoms with Gasteiger partial charge in [-0.3, -0.25) is 5.41 Å². The van der Waals surface area contributed by atoms with Gasteiger partial charge in [-0.1, -0.05) is 42.5 Å². The van der Waals surface area contributed by atoms with Crippen LogP contribution in [0, 0.1) is 11.3 Å². The summed E-state index contributed by atoms with van der Waals surface area (Å²) in [6, 6.07) is 26.8. The number of fused-ring (bicyclic) bond motifs is 5. The Morgan fingerprint density at radius 2 is 1.76 bits per heavy atom. The molecule has 0 fully saturated rings. The average Bonchev–Trinajstić information content (AvgIpc) is 3.32. The summed E-state index contributed by atoms with van der Waals surface area (Å²) in [5.41, 5.74) is 14.7. The van der Waals surface area contributed by atoms with E-state index in [0.717, 1.165) is 39.3 Å². The lowest BCUT2D eigenvalue weighted by molar-refractivity contribution is 0.370. The Labute approximate surface area is 221 Å². The molecule has 0 spiro atoms. The van der Waals surface area contributed by atoms with Gasteiger partial charge in [-0.2, -0.15) is 0 Å². The zero-order valence-electron chi connectivity index (χ0n) is 20.8. The van der Waals surface area contributed by atoms with Crippen LogP contribution in [0.2, 0.25) is 0 Å². The van der Waals surface area contributed by atoms with Crippen molar-refractivity contribution in [2.24, 2.45) is 11.7 Å². The molecule has 186 valence electrons. The van der Waals surface area contributed by atoms with Gasteiger partial charge in [-0.25, -0.2) is 0 Å². The van der Waals surface area contributed by atoms with Crippen LogP contribution in [0.1, 0.15) is 39.8 Å². The van der Waals surface area contributed by atoms with Gasteiger partial charge in [-0.05, 0) is 88.4 Å². The second kappa shape index (κ2) is 9.20. The van der Waals surface area contributed by atoms with Gasteiger partial charge in [0.1, 0.15) is 5.84 Å². The Morgan fingerprint density at radius 1 is 0.973 bits per heavy atom. The highest BCUT2D eigenvalue weighted by Gasteiger charge is 2.44. The highest BCUT2D eigenvalue weighted by Crippen LogP contribution is 2.56. The van der Waals surface area contributed by atoms with Crippen molar-refractivity contribution in [3.05, 3.63) is 107 Å². The summed E-state index contributed by atoms with van der Waals surface area (Å²) < 4.78 is 5.59. The van der Waals surface area contributed by atoms with Crippen LogP contribution in [0.25, 0.3) is 11.1 Å². The molecule has 2 aliphatic rings. The van der Waals surface area contributed by atoms with Crippen LogP contribution in [0.4, 0.5) is 5.69 Å². The third-order valence-electron chi connectivity index (χ3n) is 7.79. The molecular weight excluding hydrogens is 478 g/mol. The van der Waals surface area contributed by atoms with Crippen LogP contribution in [0.15, 0.2) is 83.8 Å². The predicted molar refractivity (Wildman–Crippen MR) is 151 cm³/mol. The van der Waals surface area contributed by atoms with Crippen molar-refractivity contribution in [2.45, 2.75) is 23.3 Å². The largest absolute Gasteiger partial charge is 0.504 e. The number of rotatable bonds is 5. The number of nitrogen functional groups attached to an aromatic ring is 1. The number of benzene rings is 4. The standard InChI is InChI=1S/C31H29N3O2S/c1-36-27-16-22(21(15-26(27)35)20-9-5-6-10-28(20)37-2)30-24-13-17-7-3-4-8-19(17)29(24)23-14-18(31(32)33)11-12-25(23)34-30/h3-12,14-16,24,29-30,34-35H,13H2,1-2H3,(H3,32,33). The molecule has 1 heterocycles.